The van der Waals surface area contributed by atoms with Crippen molar-refractivity contribution >= 4 is 23.0 Å². The maximum atomic E-state index is 5.88. The van der Waals surface area contributed by atoms with Crippen LogP contribution in [0.15, 0.2) is 12.3 Å². The standard InChI is InChI=1S/C14H22N4S/c1-10-6-7-16-14(12(10)13(15)19)18-8-4-5-11(18)9-17(2)3/h6-7,11H,4-5,8-9H2,1-3H3,(H2,15,19). The molecular formula is C14H22N4S. The molecule has 1 aliphatic rings. The largest absolute Gasteiger partial charge is 0.389 e. The van der Waals surface area contributed by atoms with E-state index in [1.807, 2.05) is 19.2 Å². The molecule has 1 aromatic rings. The molecule has 0 radical (unpaired) electrons. The van der Waals surface area contributed by atoms with Crippen molar-refractivity contribution in [2.75, 3.05) is 32.1 Å². The van der Waals surface area contributed by atoms with Gasteiger partial charge in [-0.15, -0.1) is 0 Å². The van der Waals surface area contributed by atoms with Gasteiger partial charge in [0.2, 0.25) is 0 Å². The quantitative estimate of drug-likeness (QED) is 0.847. The Labute approximate surface area is 120 Å². The first kappa shape index (κ1) is 14.2. The van der Waals surface area contributed by atoms with E-state index in [9.17, 15) is 0 Å². The molecule has 5 heteroatoms. The van der Waals surface area contributed by atoms with E-state index in [4.69, 9.17) is 18.0 Å². The molecule has 0 bridgehead atoms. The highest BCUT2D eigenvalue weighted by atomic mass is 32.1. The van der Waals surface area contributed by atoms with E-state index in [-0.39, 0.29) is 0 Å². The van der Waals surface area contributed by atoms with Gasteiger partial charge in [0.1, 0.15) is 10.8 Å². The third kappa shape index (κ3) is 3.04. The summed E-state index contributed by atoms with van der Waals surface area (Å²) in [4.78, 5) is 9.57. The van der Waals surface area contributed by atoms with Crippen LogP contribution in [0, 0.1) is 6.92 Å². The lowest BCUT2D eigenvalue weighted by Gasteiger charge is -2.29. The Morgan fingerprint density at radius 2 is 2.32 bits per heavy atom. The van der Waals surface area contributed by atoms with E-state index in [1.54, 1.807) is 0 Å². The van der Waals surface area contributed by atoms with Crippen LogP contribution >= 0.6 is 12.2 Å². The third-order valence-electron chi connectivity index (χ3n) is 3.61. The number of hydrogen-bond acceptors (Lipinski definition) is 4. The number of aromatic nitrogens is 1. The molecule has 0 amide bonds. The van der Waals surface area contributed by atoms with E-state index in [0.717, 1.165) is 30.0 Å². The second-order valence-electron chi connectivity index (χ2n) is 5.44. The first-order chi connectivity index (χ1) is 9.00. The summed E-state index contributed by atoms with van der Waals surface area (Å²) in [6.07, 6.45) is 4.24. The zero-order chi connectivity index (χ0) is 14.0. The molecule has 0 aromatic carbocycles. The van der Waals surface area contributed by atoms with Gasteiger partial charge in [-0.2, -0.15) is 0 Å². The Kier molecular flexibility index (Phi) is 4.37. The predicted molar refractivity (Wildman–Crippen MR) is 83.8 cm³/mol. The van der Waals surface area contributed by atoms with Crippen molar-refractivity contribution in [2.45, 2.75) is 25.8 Å². The second-order valence-corrected chi connectivity index (χ2v) is 5.88. The Hall–Kier alpha value is -1.20. The fraction of sp³-hybridized carbons (Fsp3) is 0.571. The molecular weight excluding hydrogens is 256 g/mol. The van der Waals surface area contributed by atoms with Gasteiger partial charge in [-0.05, 0) is 45.5 Å². The van der Waals surface area contributed by atoms with E-state index in [1.165, 1.54) is 12.8 Å². The normalized spacial score (nSPS) is 19.2. The summed E-state index contributed by atoms with van der Waals surface area (Å²) in [7, 11) is 4.21. The summed E-state index contributed by atoms with van der Waals surface area (Å²) >= 11 is 5.20. The smallest absolute Gasteiger partial charge is 0.139 e. The first-order valence-corrected chi connectivity index (χ1v) is 7.08. The molecule has 1 saturated heterocycles. The van der Waals surface area contributed by atoms with Crippen molar-refractivity contribution in [3.8, 4) is 0 Å². The van der Waals surface area contributed by atoms with Gasteiger partial charge in [-0.1, -0.05) is 12.2 Å². The summed E-state index contributed by atoms with van der Waals surface area (Å²) in [6, 6.07) is 2.46. The number of nitrogens with two attached hydrogens (primary N) is 1. The van der Waals surface area contributed by atoms with Gasteiger partial charge in [-0.3, -0.25) is 0 Å². The lowest BCUT2D eigenvalue weighted by atomic mass is 10.1. The van der Waals surface area contributed by atoms with Gasteiger partial charge >= 0.3 is 0 Å². The van der Waals surface area contributed by atoms with Crippen molar-refractivity contribution < 1.29 is 0 Å². The minimum absolute atomic E-state index is 0.441. The third-order valence-corrected chi connectivity index (χ3v) is 3.81. The summed E-state index contributed by atoms with van der Waals surface area (Å²) < 4.78 is 0. The zero-order valence-corrected chi connectivity index (χ0v) is 12.7. The number of nitrogens with zero attached hydrogens (tertiary/aromatic N) is 3. The molecule has 1 fully saturated rings. The number of thiocarbonyl (C=S) groups is 1. The van der Waals surface area contributed by atoms with Crippen LogP contribution in [0.4, 0.5) is 5.82 Å². The average molecular weight is 278 g/mol. The van der Waals surface area contributed by atoms with Crippen LogP contribution in [-0.2, 0) is 0 Å². The van der Waals surface area contributed by atoms with E-state index in [2.05, 4.69) is 28.9 Å². The first-order valence-electron chi connectivity index (χ1n) is 6.67. The zero-order valence-electron chi connectivity index (χ0n) is 11.9. The van der Waals surface area contributed by atoms with Crippen LogP contribution in [0.2, 0.25) is 0 Å². The van der Waals surface area contributed by atoms with Crippen LogP contribution in [-0.4, -0.2) is 48.1 Å². The molecule has 2 heterocycles. The van der Waals surface area contributed by atoms with Crippen molar-refractivity contribution in [1.29, 1.82) is 0 Å². The summed E-state index contributed by atoms with van der Waals surface area (Å²) in [5.74, 6) is 0.955. The second kappa shape index (κ2) is 5.84. The van der Waals surface area contributed by atoms with Crippen molar-refractivity contribution in [2.24, 2.45) is 5.73 Å². The van der Waals surface area contributed by atoms with E-state index < -0.39 is 0 Å². The fourth-order valence-electron chi connectivity index (χ4n) is 2.79. The van der Waals surface area contributed by atoms with Gasteiger partial charge in [0.15, 0.2) is 0 Å². The minimum Gasteiger partial charge on any atom is -0.389 e. The number of anilines is 1. The monoisotopic (exact) mass is 278 g/mol. The van der Waals surface area contributed by atoms with Crippen molar-refractivity contribution in [3.05, 3.63) is 23.4 Å². The molecule has 19 heavy (non-hydrogen) atoms. The summed E-state index contributed by atoms with van der Waals surface area (Å²) in [5.41, 5.74) is 7.92. The minimum atomic E-state index is 0.441. The van der Waals surface area contributed by atoms with Gasteiger partial charge in [0, 0.05) is 25.3 Å². The maximum Gasteiger partial charge on any atom is 0.139 e. The highest BCUT2D eigenvalue weighted by molar-refractivity contribution is 7.80. The Morgan fingerprint density at radius 1 is 1.58 bits per heavy atom. The van der Waals surface area contributed by atoms with Gasteiger partial charge in [0.25, 0.3) is 0 Å². The lowest BCUT2D eigenvalue weighted by molar-refractivity contribution is 0.371. The summed E-state index contributed by atoms with van der Waals surface area (Å²) in [6.45, 7) is 4.10. The highest BCUT2D eigenvalue weighted by Gasteiger charge is 2.28. The molecule has 1 aromatic heterocycles. The molecule has 1 unspecified atom stereocenters. The average Bonchev–Trinajstić information content (AvgIpc) is 2.75. The molecule has 2 rings (SSSR count). The van der Waals surface area contributed by atoms with Gasteiger partial charge in [0.05, 0.1) is 5.56 Å². The molecule has 0 aliphatic carbocycles. The maximum absolute atomic E-state index is 5.88. The molecule has 0 spiro atoms. The number of pyridine rings is 1. The molecule has 2 N–H and O–H groups in total. The number of hydrogen-bond donors (Lipinski definition) is 1. The van der Waals surface area contributed by atoms with Crippen LogP contribution < -0.4 is 10.6 Å². The number of likely N-dealkylation sites (N-methyl/N-ethyl adjacent to an activating group) is 1. The molecule has 104 valence electrons. The van der Waals surface area contributed by atoms with Crippen LogP contribution in [0.3, 0.4) is 0 Å². The lowest BCUT2D eigenvalue weighted by Crippen LogP contribution is -2.39. The number of rotatable bonds is 4. The molecule has 0 saturated carbocycles. The molecule has 1 atom stereocenters. The topological polar surface area (TPSA) is 45.4 Å². The van der Waals surface area contributed by atoms with Crippen LogP contribution in [0.25, 0.3) is 0 Å². The number of aryl methyl sites for hydroxylation is 1. The highest BCUT2D eigenvalue weighted by Crippen LogP contribution is 2.28. The SMILES string of the molecule is Cc1ccnc(N2CCCC2CN(C)C)c1C(N)=S. The summed E-state index contributed by atoms with van der Waals surface area (Å²) in [5, 5.41) is 0. The molecule has 1 aliphatic heterocycles. The predicted octanol–water partition coefficient (Wildman–Crippen LogP) is 1.55. The van der Waals surface area contributed by atoms with E-state index >= 15 is 0 Å². The van der Waals surface area contributed by atoms with Crippen molar-refractivity contribution in [1.82, 2.24) is 9.88 Å². The Bertz CT molecular complexity index is 473. The van der Waals surface area contributed by atoms with Gasteiger partial charge in [-0.25, -0.2) is 4.98 Å². The van der Waals surface area contributed by atoms with Crippen LogP contribution in [0.5, 0.6) is 0 Å². The Balaban J connectivity index is 2.35. The Morgan fingerprint density at radius 3 is 2.95 bits per heavy atom. The van der Waals surface area contributed by atoms with Crippen LogP contribution in [0.1, 0.15) is 24.0 Å². The van der Waals surface area contributed by atoms with Crippen molar-refractivity contribution in [3.63, 3.8) is 0 Å². The molecule has 4 nitrogen and oxygen atoms in total. The van der Waals surface area contributed by atoms with Gasteiger partial charge < -0.3 is 15.5 Å². The van der Waals surface area contributed by atoms with E-state index in [0.29, 0.717) is 11.0 Å². The fourth-order valence-corrected chi connectivity index (χ4v) is 3.04.